The normalized spacial score (nSPS) is 16.2. The first-order chi connectivity index (χ1) is 13.0. The van der Waals surface area contributed by atoms with Gasteiger partial charge in [0.25, 0.3) is 5.91 Å². The molecule has 6 heteroatoms. The van der Waals surface area contributed by atoms with Crippen LogP contribution in [-0.4, -0.2) is 38.8 Å². The van der Waals surface area contributed by atoms with E-state index in [2.05, 4.69) is 29.6 Å². The van der Waals surface area contributed by atoms with Gasteiger partial charge in [0, 0.05) is 25.7 Å². The van der Waals surface area contributed by atoms with Crippen LogP contribution in [0.3, 0.4) is 0 Å². The van der Waals surface area contributed by atoms with Crippen molar-refractivity contribution in [2.45, 2.75) is 30.6 Å². The predicted molar refractivity (Wildman–Crippen MR) is 106 cm³/mol. The van der Waals surface area contributed by atoms with E-state index in [1.807, 2.05) is 6.07 Å². The smallest absolute Gasteiger partial charge is 0.251 e. The number of piperidine rings is 1. The summed E-state index contributed by atoms with van der Waals surface area (Å²) in [7, 11) is -1.95. The number of carbonyl (C=O) groups is 1. The Hall–Kier alpha value is -2.18. The summed E-state index contributed by atoms with van der Waals surface area (Å²) >= 11 is 0. The van der Waals surface area contributed by atoms with Crippen molar-refractivity contribution >= 4 is 15.9 Å². The topological polar surface area (TPSA) is 66.5 Å². The lowest BCUT2D eigenvalue weighted by molar-refractivity contribution is 0.0963. The number of nitrogens with zero attached hydrogens (tertiary/aromatic N) is 1. The quantitative estimate of drug-likeness (QED) is 0.830. The number of amides is 1. The van der Waals surface area contributed by atoms with Gasteiger partial charge in [0.2, 0.25) is 10.0 Å². The Bertz CT molecular complexity index is 856. The highest BCUT2D eigenvalue weighted by Gasteiger charge is 2.29. The van der Waals surface area contributed by atoms with E-state index in [-0.39, 0.29) is 10.8 Å². The second-order valence-corrected chi connectivity index (χ2v) is 8.91. The lowest BCUT2D eigenvalue weighted by Gasteiger charge is -2.31. The van der Waals surface area contributed by atoms with Crippen molar-refractivity contribution in [2.24, 2.45) is 5.92 Å². The first-order valence-corrected chi connectivity index (χ1v) is 10.8. The molecule has 1 N–H and O–H groups in total. The fourth-order valence-corrected chi connectivity index (χ4v) is 5.00. The van der Waals surface area contributed by atoms with Gasteiger partial charge < -0.3 is 5.32 Å². The van der Waals surface area contributed by atoms with Crippen LogP contribution in [0, 0.1) is 5.92 Å². The summed E-state index contributed by atoms with van der Waals surface area (Å²) < 4.78 is 27.3. The van der Waals surface area contributed by atoms with E-state index in [1.54, 1.807) is 23.5 Å². The maximum absolute atomic E-state index is 12.8. The average molecular weight is 387 g/mol. The second kappa shape index (κ2) is 8.67. The minimum atomic E-state index is -3.50. The molecule has 144 valence electrons. The number of sulfonamides is 1. The molecule has 0 unspecified atom stereocenters. The van der Waals surface area contributed by atoms with Gasteiger partial charge in [0.15, 0.2) is 0 Å². The van der Waals surface area contributed by atoms with E-state index in [4.69, 9.17) is 0 Å². The molecule has 0 aromatic heterocycles. The zero-order chi connectivity index (χ0) is 19.3. The van der Waals surface area contributed by atoms with Crippen LogP contribution in [0.4, 0.5) is 0 Å². The van der Waals surface area contributed by atoms with Crippen molar-refractivity contribution in [2.75, 3.05) is 20.1 Å². The highest BCUT2D eigenvalue weighted by atomic mass is 32.2. The Kier molecular flexibility index (Phi) is 6.29. The third-order valence-electron chi connectivity index (χ3n) is 5.24. The van der Waals surface area contributed by atoms with Gasteiger partial charge in [-0.1, -0.05) is 30.3 Å². The van der Waals surface area contributed by atoms with Gasteiger partial charge in [-0.3, -0.25) is 4.79 Å². The summed E-state index contributed by atoms with van der Waals surface area (Å²) in [4.78, 5) is 11.9. The molecule has 27 heavy (non-hydrogen) atoms. The average Bonchev–Trinajstić information content (AvgIpc) is 2.73. The summed E-state index contributed by atoms with van der Waals surface area (Å²) in [5, 5.41) is 2.53. The van der Waals surface area contributed by atoms with Crippen molar-refractivity contribution in [1.29, 1.82) is 0 Å². The molecule has 0 spiro atoms. The molecule has 0 atom stereocenters. The third-order valence-corrected chi connectivity index (χ3v) is 7.15. The van der Waals surface area contributed by atoms with Crippen molar-refractivity contribution in [1.82, 2.24) is 9.62 Å². The van der Waals surface area contributed by atoms with Crippen LogP contribution in [0.15, 0.2) is 59.5 Å². The number of aryl methyl sites for hydroxylation is 1. The van der Waals surface area contributed by atoms with Crippen molar-refractivity contribution in [3.63, 3.8) is 0 Å². The first kappa shape index (κ1) is 19.6. The summed E-state index contributed by atoms with van der Waals surface area (Å²) in [6.07, 6.45) is 3.92. The predicted octanol–water partition coefficient (Wildman–Crippen LogP) is 3.08. The van der Waals surface area contributed by atoms with Crippen LogP contribution in [0.5, 0.6) is 0 Å². The third kappa shape index (κ3) is 4.76. The molecule has 0 radical (unpaired) electrons. The number of rotatable bonds is 6. The molecule has 1 aliphatic rings. The van der Waals surface area contributed by atoms with Crippen LogP contribution >= 0.6 is 0 Å². The van der Waals surface area contributed by atoms with Gasteiger partial charge in [0.05, 0.1) is 4.90 Å². The van der Waals surface area contributed by atoms with Crippen LogP contribution in [0.1, 0.15) is 35.2 Å². The van der Waals surface area contributed by atoms with E-state index in [9.17, 15) is 13.2 Å². The molecule has 1 heterocycles. The van der Waals surface area contributed by atoms with E-state index in [0.29, 0.717) is 24.6 Å². The van der Waals surface area contributed by atoms with Crippen molar-refractivity contribution < 1.29 is 13.2 Å². The summed E-state index contributed by atoms with van der Waals surface area (Å²) in [6.45, 7) is 1.11. The molecule has 5 nitrogen and oxygen atoms in total. The van der Waals surface area contributed by atoms with Crippen LogP contribution in [0.25, 0.3) is 0 Å². The Morgan fingerprint density at radius 3 is 2.26 bits per heavy atom. The Morgan fingerprint density at radius 2 is 1.67 bits per heavy atom. The minimum absolute atomic E-state index is 0.224. The molecular formula is C21H26N2O3S. The van der Waals surface area contributed by atoms with Gasteiger partial charge in [-0.05, 0) is 61.4 Å². The lowest BCUT2D eigenvalue weighted by atomic mass is 9.91. The molecule has 0 bridgehead atoms. The summed E-state index contributed by atoms with van der Waals surface area (Å²) in [5.41, 5.74) is 1.79. The zero-order valence-electron chi connectivity index (χ0n) is 15.6. The summed E-state index contributed by atoms with van der Waals surface area (Å²) in [5.74, 6) is 0.338. The number of benzene rings is 2. The van der Waals surface area contributed by atoms with Gasteiger partial charge >= 0.3 is 0 Å². The van der Waals surface area contributed by atoms with Crippen molar-refractivity contribution in [3.8, 4) is 0 Å². The molecule has 1 saturated heterocycles. The van der Waals surface area contributed by atoms with Crippen LogP contribution in [-0.2, 0) is 16.4 Å². The standard InChI is InChI=1S/C21H26N2O3S/c1-22-21(24)19-9-11-20(12-10-19)27(25,26)23-15-13-18(14-16-23)8-7-17-5-3-2-4-6-17/h2-6,9-12,18H,7-8,13-16H2,1H3,(H,22,24). The fraction of sp³-hybridized carbons (Fsp3) is 0.381. The van der Waals surface area contributed by atoms with E-state index in [1.165, 1.54) is 17.7 Å². The molecule has 0 saturated carbocycles. The van der Waals surface area contributed by atoms with Crippen molar-refractivity contribution in [3.05, 3.63) is 65.7 Å². The Balaban J connectivity index is 1.57. The SMILES string of the molecule is CNC(=O)c1ccc(S(=O)(=O)N2CCC(CCc3ccccc3)CC2)cc1. The highest BCUT2D eigenvalue weighted by molar-refractivity contribution is 7.89. The minimum Gasteiger partial charge on any atom is -0.355 e. The molecule has 2 aromatic carbocycles. The van der Waals surface area contributed by atoms with Gasteiger partial charge in [-0.25, -0.2) is 8.42 Å². The van der Waals surface area contributed by atoms with Crippen LogP contribution in [0.2, 0.25) is 0 Å². The second-order valence-electron chi connectivity index (χ2n) is 6.98. The highest BCUT2D eigenvalue weighted by Crippen LogP contribution is 2.26. The molecule has 1 fully saturated rings. The number of carbonyl (C=O) groups excluding carboxylic acids is 1. The zero-order valence-corrected chi connectivity index (χ0v) is 16.4. The van der Waals surface area contributed by atoms with E-state index >= 15 is 0 Å². The molecule has 1 amide bonds. The fourth-order valence-electron chi connectivity index (χ4n) is 3.53. The van der Waals surface area contributed by atoms with E-state index < -0.39 is 10.0 Å². The molecular weight excluding hydrogens is 360 g/mol. The van der Waals surface area contributed by atoms with Gasteiger partial charge in [-0.2, -0.15) is 4.31 Å². The Morgan fingerprint density at radius 1 is 1.04 bits per heavy atom. The number of hydrogen-bond acceptors (Lipinski definition) is 3. The molecule has 2 aromatic rings. The maximum atomic E-state index is 12.8. The lowest BCUT2D eigenvalue weighted by Crippen LogP contribution is -2.38. The van der Waals surface area contributed by atoms with Crippen LogP contribution < -0.4 is 5.32 Å². The maximum Gasteiger partial charge on any atom is 0.251 e. The first-order valence-electron chi connectivity index (χ1n) is 9.37. The number of hydrogen-bond donors (Lipinski definition) is 1. The number of nitrogens with one attached hydrogen (secondary N) is 1. The largest absolute Gasteiger partial charge is 0.355 e. The molecule has 3 rings (SSSR count). The molecule has 1 aliphatic heterocycles. The Labute approximate surface area is 161 Å². The monoisotopic (exact) mass is 386 g/mol. The van der Waals surface area contributed by atoms with Gasteiger partial charge in [0.1, 0.15) is 0 Å². The van der Waals surface area contributed by atoms with E-state index in [0.717, 1.165) is 25.7 Å². The summed E-state index contributed by atoms with van der Waals surface area (Å²) in [6, 6.07) is 16.6. The van der Waals surface area contributed by atoms with Gasteiger partial charge in [-0.15, -0.1) is 0 Å². The molecule has 0 aliphatic carbocycles.